The average molecular weight is 435 g/mol. The maximum absolute atomic E-state index is 11.5. The highest BCUT2D eigenvalue weighted by atomic mass is 32.2. The standard InChI is InChI=1S/C20H18N8O2S/c1-31(29,30)28-16-7-3-6-15(9-16)25-20-26-18(17-19(27-20)24-12-23-17)22-11-14-5-2-4-13(8-14)10-21/h2-9,12,28H,11H2,1H3,(H3,22,23,24,25,26,27)/p+1. The van der Waals surface area contributed by atoms with E-state index in [1.807, 2.05) is 18.2 Å². The second-order valence-electron chi connectivity index (χ2n) is 6.80. The van der Waals surface area contributed by atoms with Gasteiger partial charge >= 0.3 is 11.6 Å². The molecule has 10 nitrogen and oxygen atoms in total. The van der Waals surface area contributed by atoms with Crippen LogP contribution in [0.15, 0.2) is 54.9 Å². The van der Waals surface area contributed by atoms with E-state index in [0.29, 0.717) is 46.4 Å². The minimum atomic E-state index is -3.38. The Balaban J connectivity index is 1.58. The van der Waals surface area contributed by atoms with E-state index in [9.17, 15) is 8.42 Å². The smallest absolute Gasteiger partial charge is 0.307 e. The summed E-state index contributed by atoms with van der Waals surface area (Å²) in [4.78, 5) is 15.1. The molecule has 0 amide bonds. The third-order valence-electron chi connectivity index (χ3n) is 4.27. The first-order chi connectivity index (χ1) is 14.9. The lowest BCUT2D eigenvalue weighted by Crippen LogP contribution is -2.10. The van der Waals surface area contributed by atoms with Crippen molar-refractivity contribution in [1.82, 2.24) is 15.0 Å². The predicted octanol–water partition coefficient (Wildman–Crippen LogP) is 2.37. The molecule has 0 radical (unpaired) electrons. The number of nitriles is 1. The molecule has 2 heterocycles. The van der Waals surface area contributed by atoms with Crippen LogP contribution in [0.2, 0.25) is 0 Å². The molecule has 31 heavy (non-hydrogen) atoms. The van der Waals surface area contributed by atoms with Crippen LogP contribution in [0.5, 0.6) is 0 Å². The summed E-state index contributed by atoms with van der Waals surface area (Å²) in [5, 5.41) is 15.4. The number of benzene rings is 2. The van der Waals surface area contributed by atoms with Crippen LogP contribution >= 0.6 is 0 Å². The Morgan fingerprint density at radius 1 is 1.13 bits per heavy atom. The van der Waals surface area contributed by atoms with Gasteiger partial charge in [-0.1, -0.05) is 23.2 Å². The fourth-order valence-corrected chi connectivity index (χ4v) is 3.56. The minimum absolute atomic E-state index is 0.327. The van der Waals surface area contributed by atoms with Gasteiger partial charge in [-0.25, -0.2) is 13.4 Å². The van der Waals surface area contributed by atoms with E-state index >= 15 is 0 Å². The molecule has 0 fully saturated rings. The number of aromatic amines is 2. The SMILES string of the molecule is CS(=O)(=O)Nc1cccc(Nc2nc(NCc3cccc(C#N)c3)c3[nH]c[nH+]c3n2)c1. The Kier molecular flexibility index (Phi) is 5.38. The number of hydrogen-bond acceptors (Lipinski definition) is 7. The molecule has 2 aromatic carbocycles. The second kappa shape index (κ2) is 8.29. The lowest BCUT2D eigenvalue weighted by Gasteiger charge is -2.09. The predicted molar refractivity (Wildman–Crippen MR) is 117 cm³/mol. The van der Waals surface area contributed by atoms with Crippen LogP contribution in [0.25, 0.3) is 11.2 Å². The van der Waals surface area contributed by atoms with Gasteiger partial charge in [0.25, 0.3) is 0 Å². The van der Waals surface area contributed by atoms with Gasteiger partial charge in [-0.3, -0.25) is 9.71 Å². The van der Waals surface area contributed by atoms with Gasteiger partial charge in [0.05, 0.1) is 23.6 Å². The fraction of sp³-hybridized carbons (Fsp3) is 0.100. The van der Waals surface area contributed by atoms with E-state index in [2.05, 4.69) is 41.4 Å². The third kappa shape index (κ3) is 5.06. The molecular formula is C20H19N8O2S+. The van der Waals surface area contributed by atoms with Gasteiger partial charge in [-0.15, -0.1) is 0 Å². The Bertz CT molecular complexity index is 1390. The molecule has 0 saturated heterocycles. The van der Waals surface area contributed by atoms with E-state index in [-0.39, 0.29) is 0 Å². The zero-order chi connectivity index (χ0) is 21.8. The summed E-state index contributed by atoms with van der Waals surface area (Å²) in [7, 11) is -3.38. The Morgan fingerprint density at radius 2 is 1.94 bits per heavy atom. The molecule has 4 rings (SSSR count). The average Bonchev–Trinajstić information content (AvgIpc) is 3.20. The van der Waals surface area contributed by atoms with E-state index in [1.165, 1.54) is 0 Å². The number of nitrogens with one attached hydrogen (secondary N) is 5. The normalized spacial score (nSPS) is 11.1. The van der Waals surface area contributed by atoms with Crippen molar-refractivity contribution in [3.05, 3.63) is 66.0 Å². The maximum Gasteiger partial charge on any atom is 0.307 e. The number of fused-ring (bicyclic) bond motifs is 1. The number of anilines is 4. The molecule has 4 aromatic rings. The van der Waals surface area contributed by atoms with Crippen molar-refractivity contribution in [2.45, 2.75) is 6.54 Å². The Morgan fingerprint density at radius 3 is 2.74 bits per heavy atom. The van der Waals surface area contributed by atoms with Crippen LogP contribution in [0.3, 0.4) is 0 Å². The monoisotopic (exact) mass is 435 g/mol. The van der Waals surface area contributed by atoms with Crippen LogP contribution < -0.4 is 20.3 Å². The molecule has 0 aliphatic heterocycles. The van der Waals surface area contributed by atoms with Crippen molar-refractivity contribution in [2.24, 2.45) is 0 Å². The van der Waals surface area contributed by atoms with E-state index < -0.39 is 10.0 Å². The molecule has 11 heteroatoms. The number of aromatic nitrogens is 4. The van der Waals surface area contributed by atoms with Crippen LogP contribution in [0.4, 0.5) is 23.1 Å². The van der Waals surface area contributed by atoms with Crippen molar-refractivity contribution in [1.29, 1.82) is 5.26 Å². The zero-order valence-electron chi connectivity index (χ0n) is 16.5. The fourth-order valence-electron chi connectivity index (χ4n) is 3.00. The largest absolute Gasteiger partial charge is 0.363 e. The number of imidazole rings is 1. The molecule has 0 spiro atoms. The first-order valence-corrected chi connectivity index (χ1v) is 11.1. The summed E-state index contributed by atoms with van der Waals surface area (Å²) >= 11 is 0. The van der Waals surface area contributed by atoms with E-state index in [1.54, 1.807) is 36.7 Å². The number of H-pyrrole nitrogens is 2. The summed E-state index contributed by atoms with van der Waals surface area (Å²) in [5.41, 5.74) is 3.88. The van der Waals surface area contributed by atoms with Gasteiger partial charge in [0, 0.05) is 12.2 Å². The lowest BCUT2D eigenvalue weighted by molar-refractivity contribution is -0.347. The topological polar surface area (TPSA) is 150 Å². The second-order valence-corrected chi connectivity index (χ2v) is 8.55. The molecule has 156 valence electrons. The molecule has 2 aromatic heterocycles. The molecule has 0 aliphatic carbocycles. The molecule has 0 bridgehead atoms. The highest BCUT2D eigenvalue weighted by Gasteiger charge is 2.16. The quantitative estimate of drug-likeness (QED) is 0.348. The van der Waals surface area contributed by atoms with Gasteiger partial charge in [-0.05, 0) is 35.9 Å². The molecule has 0 aliphatic rings. The van der Waals surface area contributed by atoms with Gasteiger partial charge < -0.3 is 10.6 Å². The summed E-state index contributed by atoms with van der Waals surface area (Å²) in [6.07, 6.45) is 2.75. The zero-order valence-corrected chi connectivity index (χ0v) is 17.3. The molecule has 0 saturated carbocycles. The van der Waals surface area contributed by atoms with Crippen molar-refractivity contribution in [2.75, 3.05) is 21.6 Å². The van der Waals surface area contributed by atoms with Gasteiger partial charge in [0.1, 0.15) is 0 Å². The lowest BCUT2D eigenvalue weighted by atomic mass is 10.1. The van der Waals surface area contributed by atoms with Crippen LogP contribution in [0, 0.1) is 11.3 Å². The van der Waals surface area contributed by atoms with Crippen LogP contribution in [-0.2, 0) is 16.6 Å². The first-order valence-electron chi connectivity index (χ1n) is 9.24. The van der Waals surface area contributed by atoms with E-state index in [4.69, 9.17) is 5.26 Å². The number of sulfonamides is 1. The van der Waals surface area contributed by atoms with Crippen molar-refractivity contribution in [3.8, 4) is 6.07 Å². The van der Waals surface area contributed by atoms with Gasteiger partial charge in [0.15, 0.2) is 12.1 Å². The van der Waals surface area contributed by atoms with Crippen molar-refractivity contribution >= 4 is 44.3 Å². The minimum Gasteiger partial charge on any atom is -0.363 e. The molecule has 5 N–H and O–H groups in total. The molecule has 0 atom stereocenters. The third-order valence-corrected chi connectivity index (χ3v) is 4.88. The Labute approximate surface area is 178 Å². The van der Waals surface area contributed by atoms with Crippen LogP contribution in [-0.4, -0.2) is 29.6 Å². The highest BCUT2D eigenvalue weighted by molar-refractivity contribution is 7.92. The maximum atomic E-state index is 11.5. The van der Waals surface area contributed by atoms with Gasteiger partial charge in [0.2, 0.25) is 15.5 Å². The highest BCUT2D eigenvalue weighted by Crippen LogP contribution is 2.22. The molecular weight excluding hydrogens is 416 g/mol. The molecule has 0 unspecified atom stereocenters. The Hall–Kier alpha value is -4.17. The van der Waals surface area contributed by atoms with E-state index in [0.717, 1.165) is 11.8 Å². The first kappa shape index (κ1) is 20.1. The summed E-state index contributed by atoms with van der Waals surface area (Å²) < 4.78 is 25.4. The number of nitrogens with zero attached hydrogens (tertiary/aromatic N) is 3. The van der Waals surface area contributed by atoms with Crippen LogP contribution in [0.1, 0.15) is 11.1 Å². The van der Waals surface area contributed by atoms with Crippen molar-refractivity contribution < 1.29 is 13.4 Å². The van der Waals surface area contributed by atoms with Gasteiger partial charge in [-0.2, -0.15) is 10.2 Å². The van der Waals surface area contributed by atoms with Crippen molar-refractivity contribution in [3.63, 3.8) is 0 Å². The number of rotatable bonds is 7. The summed E-state index contributed by atoms with van der Waals surface area (Å²) in [6, 6.07) is 16.2. The summed E-state index contributed by atoms with van der Waals surface area (Å²) in [5.74, 6) is 0.898. The summed E-state index contributed by atoms with van der Waals surface area (Å²) in [6.45, 7) is 0.466. The number of hydrogen-bond donors (Lipinski definition) is 4.